The van der Waals surface area contributed by atoms with Crippen LogP contribution in [0.3, 0.4) is 0 Å². The Labute approximate surface area is 178 Å². The third-order valence-corrected chi connectivity index (χ3v) is 5.09. The molecule has 3 rings (SSSR count). The first-order chi connectivity index (χ1) is 14.7. The van der Waals surface area contributed by atoms with Crippen molar-refractivity contribution in [1.82, 2.24) is 10.6 Å². The number of nitrogens with zero attached hydrogens (tertiary/aromatic N) is 1. The molecule has 0 amide bonds. The number of hydrogen-bond acceptors (Lipinski definition) is 3. The van der Waals surface area contributed by atoms with Crippen molar-refractivity contribution < 1.29 is 13.9 Å². The largest absolute Gasteiger partial charge is 0.381 e. The molecule has 2 N–H and O–H groups in total. The van der Waals surface area contributed by atoms with Crippen molar-refractivity contribution in [2.24, 2.45) is 4.99 Å². The number of halogens is 1. The van der Waals surface area contributed by atoms with Gasteiger partial charge in [0.1, 0.15) is 5.82 Å². The van der Waals surface area contributed by atoms with Gasteiger partial charge in [0.05, 0.1) is 19.3 Å². The fourth-order valence-electron chi connectivity index (χ4n) is 3.33. The third-order valence-electron chi connectivity index (χ3n) is 5.09. The number of aliphatic imine (C=N–C) groups is 1. The molecule has 0 saturated carbocycles. The molecule has 0 spiro atoms. The Morgan fingerprint density at radius 3 is 2.53 bits per heavy atom. The molecule has 0 radical (unpaired) electrons. The Bertz CT molecular complexity index is 789. The van der Waals surface area contributed by atoms with Crippen LogP contribution in [-0.4, -0.2) is 38.4 Å². The molecule has 1 heterocycles. The normalized spacial score (nSPS) is 15.2. The van der Waals surface area contributed by atoms with Crippen molar-refractivity contribution >= 4 is 5.96 Å². The Morgan fingerprint density at radius 2 is 1.80 bits per heavy atom. The lowest BCUT2D eigenvalue weighted by molar-refractivity contribution is -0.0390. The molecule has 0 atom stereocenters. The summed E-state index contributed by atoms with van der Waals surface area (Å²) in [5, 5.41) is 6.51. The van der Waals surface area contributed by atoms with Gasteiger partial charge in [-0.2, -0.15) is 0 Å². The quantitative estimate of drug-likeness (QED) is 0.485. The summed E-state index contributed by atoms with van der Waals surface area (Å²) in [5.74, 6) is 0.572. The summed E-state index contributed by atoms with van der Waals surface area (Å²) in [6.07, 6.45) is 2.87. The minimum Gasteiger partial charge on any atom is -0.381 e. The van der Waals surface area contributed by atoms with Crippen molar-refractivity contribution in [2.75, 3.05) is 26.3 Å². The highest BCUT2D eigenvalue weighted by Crippen LogP contribution is 2.14. The summed E-state index contributed by atoms with van der Waals surface area (Å²) in [6.45, 7) is 6.23. The van der Waals surface area contributed by atoms with E-state index in [-0.39, 0.29) is 5.82 Å². The molecular formula is C24H32FN3O2. The van der Waals surface area contributed by atoms with E-state index in [1.165, 1.54) is 11.6 Å². The highest BCUT2D eigenvalue weighted by molar-refractivity contribution is 5.79. The first-order valence-electron chi connectivity index (χ1n) is 10.8. The van der Waals surface area contributed by atoms with E-state index in [9.17, 15) is 4.39 Å². The van der Waals surface area contributed by atoms with Crippen molar-refractivity contribution in [3.63, 3.8) is 0 Å². The number of rotatable bonds is 9. The van der Waals surface area contributed by atoms with Crippen LogP contribution in [0, 0.1) is 5.82 Å². The highest BCUT2D eigenvalue weighted by Gasteiger charge is 2.13. The molecule has 0 unspecified atom stereocenters. The van der Waals surface area contributed by atoms with Gasteiger partial charge < -0.3 is 20.1 Å². The van der Waals surface area contributed by atoms with Gasteiger partial charge in [0.15, 0.2) is 5.96 Å². The van der Waals surface area contributed by atoms with Gasteiger partial charge in [-0.05, 0) is 48.9 Å². The van der Waals surface area contributed by atoms with Gasteiger partial charge in [-0.3, -0.25) is 0 Å². The molecule has 2 aromatic rings. The molecule has 1 fully saturated rings. The van der Waals surface area contributed by atoms with Crippen LogP contribution < -0.4 is 10.6 Å². The van der Waals surface area contributed by atoms with Crippen LogP contribution in [0.1, 0.15) is 36.5 Å². The molecule has 1 aliphatic heterocycles. The van der Waals surface area contributed by atoms with Gasteiger partial charge >= 0.3 is 0 Å². The average Bonchev–Trinajstić information content (AvgIpc) is 2.79. The fraction of sp³-hybridized carbons (Fsp3) is 0.458. The van der Waals surface area contributed by atoms with Crippen LogP contribution in [-0.2, 0) is 29.0 Å². The minimum absolute atomic E-state index is 0.165. The maximum absolute atomic E-state index is 13.7. The molecule has 0 bridgehead atoms. The van der Waals surface area contributed by atoms with Gasteiger partial charge in [0.25, 0.3) is 0 Å². The van der Waals surface area contributed by atoms with Crippen LogP contribution in [0.4, 0.5) is 4.39 Å². The molecule has 6 heteroatoms. The molecule has 2 aromatic carbocycles. The average molecular weight is 414 g/mol. The van der Waals surface area contributed by atoms with Crippen LogP contribution in [0.15, 0.2) is 53.5 Å². The van der Waals surface area contributed by atoms with Gasteiger partial charge in [-0.25, -0.2) is 9.38 Å². The second kappa shape index (κ2) is 12.3. The van der Waals surface area contributed by atoms with E-state index in [0.29, 0.717) is 37.8 Å². The first-order valence-corrected chi connectivity index (χ1v) is 10.8. The Hall–Kier alpha value is -2.44. The third kappa shape index (κ3) is 7.43. The molecule has 0 aliphatic carbocycles. The molecule has 5 nitrogen and oxygen atoms in total. The predicted molar refractivity (Wildman–Crippen MR) is 118 cm³/mol. The lowest BCUT2D eigenvalue weighted by Gasteiger charge is -2.22. The molecular weight excluding hydrogens is 381 g/mol. The number of nitrogens with one attached hydrogen (secondary N) is 2. The predicted octanol–water partition coefficient (Wildman–Crippen LogP) is 3.82. The number of hydrogen-bond donors (Lipinski definition) is 2. The van der Waals surface area contributed by atoms with Crippen molar-refractivity contribution in [3.8, 4) is 0 Å². The molecule has 1 aliphatic rings. The number of ether oxygens (including phenoxy) is 2. The van der Waals surface area contributed by atoms with E-state index >= 15 is 0 Å². The van der Waals surface area contributed by atoms with Gasteiger partial charge in [-0.15, -0.1) is 0 Å². The van der Waals surface area contributed by atoms with Crippen LogP contribution in [0.5, 0.6) is 0 Å². The van der Waals surface area contributed by atoms with Crippen LogP contribution in [0.25, 0.3) is 0 Å². The molecule has 1 saturated heterocycles. The van der Waals surface area contributed by atoms with Crippen molar-refractivity contribution in [3.05, 3.63) is 71.0 Å². The van der Waals surface area contributed by atoms with E-state index in [4.69, 9.17) is 9.47 Å². The Balaban J connectivity index is 1.45. The maximum Gasteiger partial charge on any atom is 0.191 e. The van der Waals surface area contributed by atoms with Crippen LogP contribution in [0.2, 0.25) is 0 Å². The lowest BCUT2D eigenvalue weighted by Crippen LogP contribution is -2.38. The summed E-state index contributed by atoms with van der Waals surface area (Å²) >= 11 is 0. The monoisotopic (exact) mass is 413 g/mol. The summed E-state index contributed by atoms with van der Waals surface area (Å²) in [4.78, 5) is 4.64. The lowest BCUT2D eigenvalue weighted by atomic mass is 10.1. The number of benzene rings is 2. The van der Waals surface area contributed by atoms with Gasteiger partial charge in [0, 0.05) is 26.3 Å². The molecule has 0 aromatic heterocycles. The zero-order valence-corrected chi connectivity index (χ0v) is 17.7. The molecule has 162 valence electrons. The topological polar surface area (TPSA) is 54.9 Å². The van der Waals surface area contributed by atoms with Gasteiger partial charge in [-0.1, -0.05) is 42.5 Å². The first kappa shape index (κ1) is 22.2. The summed E-state index contributed by atoms with van der Waals surface area (Å²) in [6, 6.07) is 15.3. The number of guanidine groups is 1. The Kier molecular flexibility index (Phi) is 9.12. The van der Waals surface area contributed by atoms with E-state index in [2.05, 4.69) is 39.9 Å². The second-order valence-corrected chi connectivity index (χ2v) is 7.40. The van der Waals surface area contributed by atoms with Crippen molar-refractivity contribution in [1.29, 1.82) is 0 Å². The maximum atomic E-state index is 13.7. The van der Waals surface area contributed by atoms with Crippen LogP contribution >= 0.6 is 0 Å². The van der Waals surface area contributed by atoms with E-state index in [1.54, 1.807) is 6.07 Å². The highest BCUT2D eigenvalue weighted by atomic mass is 19.1. The zero-order valence-electron chi connectivity index (χ0n) is 17.7. The smallest absolute Gasteiger partial charge is 0.191 e. The summed E-state index contributed by atoms with van der Waals surface area (Å²) < 4.78 is 25.1. The fourth-order valence-corrected chi connectivity index (χ4v) is 3.33. The molecule has 30 heavy (non-hydrogen) atoms. The van der Waals surface area contributed by atoms with Gasteiger partial charge in [0.2, 0.25) is 0 Å². The summed E-state index contributed by atoms with van der Waals surface area (Å²) in [5.41, 5.74) is 3.01. The SMILES string of the molecule is CCNC(=NCc1ccc(COC2CCOCC2)cc1)NCCc1ccccc1F. The standard InChI is InChI=1S/C24H32FN3O2/c1-2-26-24(27-14-11-21-5-3-4-6-23(21)25)28-17-19-7-9-20(10-8-19)18-30-22-12-15-29-16-13-22/h3-10,22H,2,11-18H2,1H3,(H2,26,27,28). The summed E-state index contributed by atoms with van der Waals surface area (Å²) in [7, 11) is 0. The minimum atomic E-state index is -0.165. The van der Waals surface area contributed by atoms with E-state index in [1.807, 2.05) is 19.1 Å². The van der Waals surface area contributed by atoms with E-state index in [0.717, 1.165) is 44.1 Å². The van der Waals surface area contributed by atoms with E-state index < -0.39 is 0 Å². The van der Waals surface area contributed by atoms with Crippen molar-refractivity contribution in [2.45, 2.75) is 45.4 Å². The second-order valence-electron chi connectivity index (χ2n) is 7.40. The Morgan fingerprint density at radius 1 is 1.07 bits per heavy atom. The zero-order chi connectivity index (χ0) is 21.0.